The highest BCUT2D eigenvalue weighted by Gasteiger charge is 2.36. The second-order valence-corrected chi connectivity index (χ2v) is 14.3. The average Bonchev–Trinajstić information content (AvgIpc) is 3.14. The molecule has 0 bridgehead atoms. The number of fused-ring (bicyclic) bond motifs is 1. The van der Waals surface area contributed by atoms with Crippen LogP contribution in [-0.2, 0) is 29.2 Å². The van der Waals surface area contributed by atoms with Gasteiger partial charge in [0.05, 0.1) is 5.56 Å². The molecule has 0 saturated carbocycles. The van der Waals surface area contributed by atoms with Crippen molar-refractivity contribution in [1.29, 1.82) is 0 Å². The lowest BCUT2D eigenvalue weighted by atomic mass is 10.0. The lowest BCUT2D eigenvalue weighted by Gasteiger charge is -2.24. The Balaban J connectivity index is 1.68. The van der Waals surface area contributed by atoms with Gasteiger partial charge in [-0.25, -0.2) is 4.79 Å². The quantitative estimate of drug-likeness (QED) is 0.292. The van der Waals surface area contributed by atoms with Gasteiger partial charge in [-0.15, -0.1) is 0 Å². The number of nitrogens with one attached hydrogen (secondary N) is 1. The summed E-state index contributed by atoms with van der Waals surface area (Å²) in [7, 11) is -1.70. The average molecular weight is 511 g/mol. The minimum absolute atomic E-state index is 0.0119. The zero-order valence-electron chi connectivity index (χ0n) is 20.1. The van der Waals surface area contributed by atoms with Gasteiger partial charge in [-0.1, -0.05) is 32.0 Å². The van der Waals surface area contributed by atoms with E-state index in [1.807, 2.05) is 18.2 Å². The fraction of sp³-hybridized carbons (Fsp3) is 0.480. The van der Waals surface area contributed by atoms with Crippen molar-refractivity contribution in [3.05, 3.63) is 58.7 Å². The first kappa shape index (κ1) is 26.6. The second kappa shape index (κ2) is 10.7. The molecule has 1 aliphatic rings. The van der Waals surface area contributed by atoms with Crippen LogP contribution in [0.1, 0.15) is 36.1 Å². The van der Waals surface area contributed by atoms with E-state index in [0.29, 0.717) is 36.9 Å². The van der Waals surface area contributed by atoms with Crippen LogP contribution in [0.2, 0.25) is 19.1 Å². The molecule has 34 heavy (non-hydrogen) atoms. The third-order valence-electron chi connectivity index (χ3n) is 5.88. The van der Waals surface area contributed by atoms with E-state index in [2.05, 4.69) is 44.9 Å². The first-order valence-corrected chi connectivity index (χ1v) is 15.3. The normalized spacial score (nSPS) is 14.0. The molecule has 0 fully saturated rings. The Hall–Kier alpha value is -1.97. The number of hydrogen-bond donors (Lipinski definition) is 2. The fourth-order valence-corrected chi connectivity index (χ4v) is 7.58. The van der Waals surface area contributed by atoms with Crippen LogP contribution >= 0.6 is 12.6 Å². The number of amides is 2. The Labute approximate surface area is 206 Å². The highest BCUT2D eigenvalue weighted by atomic mass is 32.1. The number of urea groups is 1. The van der Waals surface area contributed by atoms with Crippen LogP contribution in [0.3, 0.4) is 0 Å². The van der Waals surface area contributed by atoms with E-state index < -0.39 is 26.1 Å². The third kappa shape index (κ3) is 6.79. The van der Waals surface area contributed by atoms with Crippen molar-refractivity contribution in [1.82, 2.24) is 0 Å². The molecule has 0 unspecified atom stereocenters. The monoisotopic (exact) mass is 510 g/mol. The van der Waals surface area contributed by atoms with Gasteiger partial charge in [0.2, 0.25) is 0 Å². The van der Waals surface area contributed by atoms with Crippen molar-refractivity contribution in [2.45, 2.75) is 57.8 Å². The molecule has 2 aromatic rings. The van der Waals surface area contributed by atoms with E-state index in [0.717, 1.165) is 29.7 Å². The zero-order chi connectivity index (χ0) is 25.1. The Morgan fingerprint density at radius 1 is 1.24 bits per heavy atom. The van der Waals surface area contributed by atoms with Gasteiger partial charge in [0.15, 0.2) is 8.32 Å². The summed E-state index contributed by atoms with van der Waals surface area (Å²) in [5, 5.41) is 2.84. The molecule has 0 aliphatic carbocycles. The molecule has 0 saturated heterocycles. The maximum Gasteiger partial charge on any atom is 0.416 e. The van der Waals surface area contributed by atoms with Crippen LogP contribution in [0.4, 0.5) is 29.3 Å². The Kier molecular flexibility index (Phi) is 8.41. The molecular formula is C25H33F3N2O2SSi. The molecule has 3 rings (SSSR count). The minimum atomic E-state index is -4.50. The summed E-state index contributed by atoms with van der Waals surface area (Å²) in [6, 6.07) is 10.8. The van der Waals surface area contributed by atoms with Crippen LogP contribution in [0.15, 0.2) is 36.4 Å². The van der Waals surface area contributed by atoms with Crippen LogP contribution < -0.4 is 10.2 Å². The van der Waals surface area contributed by atoms with E-state index in [4.69, 9.17) is 4.43 Å². The SMILES string of the molecule is CC(C)C[Si](C)(C)OCCc1cccc(NC(=O)N2CCc3cc(CS)c(C(F)(F)F)cc32)c1. The van der Waals surface area contributed by atoms with E-state index in [-0.39, 0.29) is 11.3 Å². The summed E-state index contributed by atoms with van der Waals surface area (Å²) in [5.74, 6) is 0.592. The Bertz CT molecular complexity index is 1030. The fourth-order valence-electron chi connectivity index (χ4n) is 4.58. The molecule has 0 aromatic heterocycles. The molecule has 186 valence electrons. The highest BCUT2D eigenvalue weighted by Crippen LogP contribution is 2.39. The summed E-state index contributed by atoms with van der Waals surface area (Å²) in [4.78, 5) is 14.3. The molecule has 2 amide bonds. The lowest BCUT2D eigenvalue weighted by Crippen LogP contribution is -2.33. The molecule has 0 atom stereocenters. The number of anilines is 2. The number of benzene rings is 2. The molecule has 1 N–H and O–H groups in total. The van der Waals surface area contributed by atoms with Gasteiger partial charge >= 0.3 is 12.2 Å². The number of alkyl halides is 3. The molecule has 1 aliphatic heterocycles. The summed E-state index contributed by atoms with van der Waals surface area (Å²) in [6.45, 7) is 9.80. The van der Waals surface area contributed by atoms with Crippen LogP contribution in [0, 0.1) is 5.92 Å². The van der Waals surface area contributed by atoms with E-state index in [1.165, 1.54) is 11.0 Å². The predicted octanol–water partition coefficient (Wildman–Crippen LogP) is 7.15. The van der Waals surface area contributed by atoms with Gasteiger partial charge in [0.25, 0.3) is 0 Å². The van der Waals surface area contributed by atoms with Crippen LogP contribution in [0.25, 0.3) is 0 Å². The summed E-state index contributed by atoms with van der Waals surface area (Å²) >= 11 is 4.05. The lowest BCUT2D eigenvalue weighted by molar-refractivity contribution is -0.138. The highest BCUT2D eigenvalue weighted by molar-refractivity contribution is 7.79. The largest absolute Gasteiger partial charge is 0.417 e. The Morgan fingerprint density at radius 2 is 1.97 bits per heavy atom. The standard InChI is InChI=1S/C25H33F3N2O2SSi/c1-17(2)16-34(3,4)32-11-9-18-6-5-7-21(12-18)29-24(31)30-10-8-19-13-20(15-33)22(14-23(19)30)25(26,27)28/h5-7,12-14,17,33H,8-11,15-16H2,1-4H3,(H,29,31). The topological polar surface area (TPSA) is 41.6 Å². The molecular weight excluding hydrogens is 477 g/mol. The van der Waals surface area contributed by atoms with Gasteiger partial charge in [-0.3, -0.25) is 4.90 Å². The number of hydrogen-bond acceptors (Lipinski definition) is 3. The zero-order valence-corrected chi connectivity index (χ0v) is 22.0. The van der Waals surface area contributed by atoms with Gasteiger partial charge in [0, 0.05) is 30.3 Å². The van der Waals surface area contributed by atoms with Gasteiger partial charge in [-0.05, 0) is 72.8 Å². The van der Waals surface area contributed by atoms with Crippen molar-refractivity contribution >= 4 is 38.4 Å². The summed E-state index contributed by atoms with van der Waals surface area (Å²) in [5.41, 5.74) is 2.06. The minimum Gasteiger partial charge on any atom is -0.417 e. The molecule has 4 nitrogen and oxygen atoms in total. The first-order valence-electron chi connectivity index (χ1n) is 11.5. The number of carbonyl (C=O) groups is 1. The van der Waals surface area contributed by atoms with Crippen molar-refractivity contribution in [3.63, 3.8) is 0 Å². The number of halogens is 3. The summed E-state index contributed by atoms with van der Waals surface area (Å²) in [6.07, 6.45) is -3.26. The van der Waals surface area contributed by atoms with Gasteiger partial charge in [0.1, 0.15) is 0 Å². The third-order valence-corrected chi connectivity index (χ3v) is 9.01. The molecule has 2 aromatic carbocycles. The van der Waals surface area contributed by atoms with Crippen molar-refractivity contribution < 1.29 is 22.4 Å². The van der Waals surface area contributed by atoms with E-state index >= 15 is 0 Å². The van der Waals surface area contributed by atoms with Crippen molar-refractivity contribution in [2.24, 2.45) is 5.92 Å². The van der Waals surface area contributed by atoms with Crippen molar-refractivity contribution in [3.8, 4) is 0 Å². The Morgan fingerprint density at radius 3 is 2.62 bits per heavy atom. The molecule has 0 spiro atoms. The second-order valence-electron chi connectivity index (χ2n) is 9.78. The maximum atomic E-state index is 13.5. The predicted molar refractivity (Wildman–Crippen MR) is 137 cm³/mol. The number of thiol groups is 1. The van der Waals surface area contributed by atoms with E-state index in [9.17, 15) is 18.0 Å². The molecule has 1 heterocycles. The first-order chi connectivity index (χ1) is 15.9. The van der Waals surface area contributed by atoms with E-state index in [1.54, 1.807) is 6.07 Å². The number of nitrogens with zero attached hydrogens (tertiary/aromatic N) is 1. The molecule has 0 radical (unpaired) electrons. The van der Waals surface area contributed by atoms with Gasteiger partial charge in [-0.2, -0.15) is 25.8 Å². The number of rotatable bonds is 8. The summed E-state index contributed by atoms with van der Waals surface area (Å²) < 4.78 is 46.7. The van der Waals surface area contributed by atoms with Crippen LogP contribution in [0.5, 0.6) is 0 Å². The van der Waals surface area contributed by atoms with Crippen molar-refractivity contribution in [2.75, 3.05) is 23.4 Å². The van der Waals surface area contributed by atoms with Crippen LogP contribution in [-0.4, -0.2) is 27.5 Å². The number of carbonyl (C=O) groups excluding carboxylic acids is 1. The molecule has 9 heteroatoms. The smallest absolute Gasteiger partial charge is 0.416 e. The van der Waals surface area contributed by atoms with Gasteiger partial charge < -0.3 is 9.74 Å². The maximum absolute atomic E-state index is 13.5.